The van der Waals surface area contributed by atoms with Gasteiger partial charge in [0.25, 0.3) is 0 Å². The van der Waals surface area contributed by atoms with E-state index in [0.717, 1.165) is 19.1 Å². The summed E-state index contributed by atoms with van der Waals surface area (Å²) >= 11 is 11.8. The molecule has 29 heavy (non-hydrogen) atoms. The summed E-state index contributed by atoms with van der Waals surface area (Å²) in [5.41, 5.74) is 1.81. The minimum atomic E-state index is -1.06. The predicted molar refractivity (Wildman–Crippen MR) is 126 cm³/mol. The average Bonchev–Trinajstić information content (AvgIpc) is 2.96. The van der Waals surface area contributed by atoms with Gasteiger partial charge in [-0.05, 0) is 76.7 Å². The second kappa shape index (κ2) is 8.38. The molecule has 4 aromatic rings. The second-order valence-electron chi connectivity index (χ2n) is 6.42. The zero-order chi connectivity index (χ0) is 20.5. The molecular formula is C22H14BrClINO3. The third kappa shape index (κ3) is 4.29. The molecule has 1 aromatic heterocycles. The molecule has 0 aliphatic rings. The van der Waals surface area contributed by atoms with Crippen LogP contribution in [0.5, 0.6) is 11.5 Å². The van der Waals surface area contributed by atoms with E-state index in [2.05, 4.69) is 38.5 Å². The normalized spacial score (nSPS) is 11.0. The van der Waals surface area contributed by atoms with Crippen molar-refractivity contribution in [3.63, 3.8) is 0 Å². The highest BCUT2D eigenvalue weighted by Gasteiger charge is 2.25. The average molecular weight is 583 g/mol. The van der Waals surface area contributed by atoms with Gasteiger partial charge in [0.05, 0.1) is 5.52 Å². The van der Waals surface area contributed by atoms with Gasteiger partial charge in [0.2, 0.25) is 0 Å². The molecule has 4 rings (SSSR count). The van der Waals surface area contributed by atoms with Crippen molar-refractivity contribution >= 4 is 67.0 Å². The zero-order valence-electron chi connectivity index (χ0n) is 14.9. The molecule has 0 amide bonds. The molecule has 1 heterocycles. The molecule has 0 spiro atoms. The van der Waals surface area contributed by atoms with Gasteiger partial charge in [0.1, 0.15) is 5.75 Å². The first-order valence-corrected chi connectivity index (χ1v) is 10.9. The molecule has 0 aliphatic heterocycles. The molecule has 0 saturated heterocycles. The Morgan fingerprint density at radius 3 is 2.55 bits per heavy atom. The lowest BCUT2D eigenvalue weighted by atomic mass is 10.2. The third-order valence-electron chi connectivity index (χ3n) is 4.45. The first-order chi connectivity index (χ1) is 13.9. The monoisotopic (exact) mass is 581 g/mol. The molecule has 0 radical (unpaired) electrons. The zero-order valence-corrected chi connectivity index (χ0v) is 19.4. The number of carbonyl (C=O) groups is 1. The molecule has 3 aromatic carbocycles. The molecular weight excluding hydrogens is 569 g/mol. The fraction of sp³-hybridized carbons (Fsp3) is 0.0455. The van der Waals surface area contributed by atoms with Gasteiger partial charge in [-0.2, -0.15) is 0 Å². The van der Waals surface area contributed by atoms with Crippen LogP contribution in [0.15, 0.2) is 71.2 Å². The summed E-state index contributed by atoms with van der Waals surface area (Å²) in [6.07, 6.45) is 0. The highest BCUT2D eigenvalue weighted by molar-refractivity contribution is 14.1. The number of rotatable bonds is 5. The maximum atomic E-state index is 12.3. The minimum absolute atomic E-state index is 0.0871. The lowest BCUT2D eigenvalue weighted by Crippen LogP contribution is -2.10. The highest BCUT2D eigenvalue weighted by Crippen LogP contribution is 2.38. The summed E-state index contributed by atoms with van der Waals surface area (Å²) in [5.74, 6) is -0.203. The molecule has 7 heteroatoms. The SMILES string of the molecule is O=C(O)c1c(Oc2cccc(I)c2)c2cc(Cl)ccc2n1Cc1ccc(Br)cc1. The van der Waals surface area contributed by atoms with Gasteiger partial charge in [-0.1, -0.05) is 45.7 Å². The van der Waals surface area contributed by atoms with Gasteiger partial charge >= 0.3 is 5.97 Å². The molecule has 0 fully saturated rings. The number of nitrogens with zero attached hydrogens (tertiary/aromatic N) is 1. The van der Waals surface area contributed by atoms with Crippen molar-refractivity contribution in [1.29, 1.82) is 0 Å². The van der Waals surface area contributed by atoms with Gasteiger partial charge in [0, 0.05) is 25.0 Å². The number of carboxylic acids is 1. The summed E-state index contributed by atoms with van der Waals surface area (Å²) < 4.78 is 9.79. The van der Waals surface area contributed by atoms with Crippen molar-refractivity contribution in [3.05, 3.63) is 91.1 Å². The van der Waals surface area contributed by atoms with Crippen LogP contribution < -0.4 is 4.74 Å². The van der Waals surface area contributed by atoms with Crippen molar-refractivity contribution < 1.29 is 14.6 Å². The Bertz CT molecular complexity index is 1220. The van der Waals surface area contributed by atoms with E-state index in [9.17, 15) is 9.90 Å². The van der Waals surface area contributed by atoms with Crippen LogP contribution >= 0.6 is 50.1 Å². The number of ether oxygens (including phenoxy) is 1. The third-order valence-corrected chi connectivity index (χ3v) is 5.89. The minimum Gasteiger partial charge on any atom is -0.476 e. The quantitative estimate of drug-likeness (QED) is 0.253. The van der Waals surface area contributed by atoms with Gasteiger partial charge in [-0.25, -0.2) is 4.79 Å². The van der Waals surface area contributed by atoms with Crippen molar-refractivity contribution in [2.24, 2.45) is 0 Å². The van der Waals surface area contributed by atoms with Crippen molar-refractivity contribution in [3.8, 4) is 11.5 Å². The Kier molecular flexibility index (Phi) is 5.85. The molecule has 1 N–H and O–H groups in total. The Morgan fingerprint density at radius 2 is 1.86 bits per heavy atom. The number of fused-ring (bicyclic) bond motifs is 1. The Labute approximate surface area is 194 Å². The summed E-state index contributed by atoms with van der Waals surface area (Å²) in [6, 6.07) is 20.6. The molecule has 0 bridgehead atoms. The molecule has 0 saturated carbocycles. The summed E-state index contributed by atoms with van der Waals surface area (Å²) in [6.45, 7) is 0.392. The Morgan fingerprint density at radius 1 is 1.10 bits per heavy atom. The summed E-state index contributed by atoms with van der Waals surface area (Å²) in [5, 5.41) is 11.2. The van der Waals surface area contributed by atoms with E-state index in [0.29, 0.717) is 22.7 Å². The fourth-order valence-electron chi connectivity index (χ4n) is 3.20. The van der Waals surface area contributed by atoms with Crippen molar-refractivity contribution in [2.45, 2.75) is 6.54 Å². The first kappa shape index (κ1) is 20.3. The van der Waals surface area contributed by atoms with Crippen LogP contribution in [0, 0.1) is 3.57 Å². The van der Waals surface area contributed by atoms with Gasteiger partial charge < -0.3 is 14.4 Å². The van der Waals surface area contributed by atoms with Crippen LogP contribution in [-0.4, -0.2) is 15.6 Å². The van der Waals surface area contributed by atoms with E-state index >= 15 is 0 Å². The van der Waals surface area contributed by atoms with E-state index in [1.54, 1.807) is 22.8 Å². The fourth-order valence-corrected chi connectivity index (χ4v) is 4.15. The van der Waals surface area contributed by atoms with Crippen molar-refractivity contribution in [1.82, 2.24) is 4.57 Å². The summed E-state index contributed by atoms with van der Waals surface area (Å²) in [4.78, 5) is 12.3. The van der Waals surface area contributed by atoms with Crippen LogP contribution in [0.25, 0.3) is 10.9 Å². The van der Waals surface area contributed by atoms with E-state index < -0.39 is 5.97 Å². The van der Waals surface area contributed by atoms with Crippen molar-refractivity contribution in [2.75, 3.05) is 0 Å². The van der Waals surface area contributed by atoms with Gasteiger partial charge in [0.15, 0.2) is 11.4 Å². The lowest BCUT2D eigenvalue weighted by molar-refractivity contribution is 0.0683. The second-order valence-corrected chi connectivity index (χ2v) is 9.01. The molecule has 0 unspecified atom stereocenters. The largest absolute Gasteiger partial charge is 0.476 e. The molecule has 0 aliphatic carbocycles. The smallest absolute Gasteiger partial charge is 0.356 e. The van der Waals surface area contributed by atoms with Gasteiger partial charge in [-0.15, -0.1) is 0 Å². The number of benzene rings is 3. The summed E-state index contributed by atoms with van der Waals surface area (Å²) in [7, 11) is 0. The predicted octanol–water partition coefficient (Wildman–Crippen LogP) is 7.20. The van der Waals surface area contributed by atoms with Crippen LogP contribution in [0.1, 0.15) is 16.1 Å². The Hall–Kier alpha value is -2.03. The van der Waals surface area contributed by atoms with Crippen LogP contribution in [-0.2, 0) is 6.54 Å². The number of hydrogen-bond acceptors (Lipinski definition) is 2. The van der Waals surface area contributed by atoms with E-state index in [4.69, 9.17) is 16.3 Å². The number of carboxylic acid groups (broad SMARTS) is 1. The Balaban J connectivity index is 1.91. The number of aromatic nitrogens is 1. The van der Waals surface area contributed by atoms with E-state index in [1.165, 1.54) is 0 Å². The number of halogens is 3. The highest BCUT2D eigenvalue weighted by atomic mass is 127. The topological polar surface area (TPSA) is 51.5 Å². The maximum absolute atomic E-state index is 12.3. The van der Waals surface area contributed by atoms with E-state index in [-0.39, 0.29) is 11.4 Å². The standard InChI is InChI=1S/C22H14BrClINO3/c23-14-6-4-13(5-7-14)12-26-19-9-8-15(24)10-18(19)21(20(26)22(27)28)29-17-3-1-2-16(25)11-17/h1-11H,12H2,(H,27,28). The van der Waals surface area contributed by atoms with Crippen LogP contribution in [0.3, 0.4) is 0 Å². The molecule has 4 nitrogen and oxygen atoms in total. The lowest BCUT2D eigenvalue weighted by Gasteiger charge is -2.10. The molecule has 0 atom stereocenters. The van der Waals surface area contributed by atoms with Gasteiger partial charge in [-0.3, -0.25) is 0 Å². The molecule has 146 valence electrons. The number of hydrogen-bond donors (Lipinski definition) is 1. The van der Waals surface area contributed by atoms with Crippen LogP contribution in [0.4, 0.5) is 0 Å². The van der Waals surface area contributed by atoms with Crippen LogP contribution in [0.2, 0.25) is 5.02 Å². The maximum Gasteiger partial charge on any atom is 0.356 e. The number of aromatic carboxylic acids is 1. The first-order valence-electron chi connectivity index (χ1n) is 8.65. The van der Waals surface area contributed by atoms with E-state index in [1.807, 2.05) is 48.5 Å².